The standard InChI is InChI=1S/C10H23NO2/c1-8(13-6)10(5,12)7-11-9(2,3)4/h8,11-12H,7H2,1-6H3. The van der Waals surface area contributed by atoms with Crippen LogP contribution in [0, 0.1) is 0 Å². The van der Waals surface area contributed by atoms with Crippen molar-refractivity contribution in [3.63, 3.8) is 0 Å². The molecule has 0 fully saturated rings. The van der Waals surface area contributed by atoms with Gasteiger partial charge in [-0.15, -0.1) is 0 Å². The molecular weight excluding hydrogens is 166 g/mol. The molecule has 0 spiro atoms. The summed E-state index contributed by atoms with van der Waals surface area (Å²) in [4.78, 5) is 0. The Hall–Kier alpha value is -0.120. The van der Waals surface area contributed by atoms with Gasteiger partial charge >= 0.3 is 0 Å². The van der Waals surface area contributed by atoms with Crippen molar-refractivity contribution in [2.75, 3.05) is 13.7 Å². The van der Waals surface area contributed by atoms with E-state index >= 15 is 0 Å². The zero-order chi connectivity index (χ0) is 10.7. The minimum Gasteiger partial charge on any atom is -0.386 e. The minimum atomic E-state index is -0.817. The lowest BCUT2D eigenvalue weighted by molar-refractivity contribution is -0.0728. The second-order valence-electron chi connectivity index (χ2n) is 4.84. The van der Waals surface area contributed by atoms with E-state index in [2.05, 4.69) is 26.1 Å². The number of hydrogen-bond acceptors (Lipinski definition) is 3. The maximum absolute atomic E-state index is 9.96. The number of nitrogens with one attached hydrogen (secondary N) is 1. The first kappa shape index (κ1) is 12.9. The first-order valence-electron chi connectivity index (χ1n) is 4.69. The fourth-order valence-corrected chi connectivity index (χ4v) is 0.842. The Kier molecular flexibility index (Phi) is 4.36. The largest absolute Gasteiger partial charge is 0.386 e. The molecule has 0 saturated heterocycles. The van der Waals surface area contributed by atoms with Crippen molar-refractivity contribution in [2.45, 2.75) is 51.9 Å². The summed E-state index contributed by atoms with van der Waals surface area (Å²) in [6, 6.07) is 0. The molecule has 0 rings (SSSR count). The zero-order valence-electron chi connectivity index (χ0n) is 9.64. The predicted octanol–water partition coefficient (Wildman–Crippen LogP) is 1.16. The quantitative estimate of drug-likeness (QED) is 0.697. The highest BCUT2D eigenvalue weighted by molar-refractivity contribution is 4.85. The van der Waals surface area contributed by atoms with Crippen molar-refractivity contribution in [1.29, 1.82) is 0 Å². The molecule has 0 bridgehead atoms. The van der Waals surface area contributed by atoms with E-state index < -0.39 is 5.60 Å². The fourth-order valence-electron chi connectivity index (χ4n) is 0.842. The summed E-state index contributed by atoms with van der Waals surface area (Å²) < 4.78 is 5.09. The summed E-state index contributed by atoms with van der Waals surface area (Å²) in [6.07, 6.45) is -0.164. The second-order valence-corrected chi connectivity index (χ2v) is 4.84. The van der Waals surface area contributed by atoms with Crippen LogP contribution >= 0.6 is 0 Å². The van der Waals surface area contributed by atoms with Gasteiger partial charge in [-0.3, -0.25) is 0 Å². The number of rotatable bonds is 4. The van der Waals surface area contributed by atoms with E-state index in [1.807, 2.05) is 6.92 Å². The van der Waals surface area contributed by atoms with E-state index in [4.69, 9.17) is 4.74 Å². The van der Waals surface area contributed by atoms with Gasteiger partial charge in [0.15, 0.2) is 0 Å². The van der Waals surface area contributed by atoms with E-state index in [1.54, 1.807) is 14.0 Å². The van der Waals surface area contributed by atoms with Gasteiger partial charge in [0.25, 0.3) is 0 Å². The smallest absolute Gasteiger partial charge is 0.100 e. The Morgan fingerprint density at radius 2 is 1.77 bits per heavy atom. The van der Waals surface area contributed by atoms with Crippen LogP contribution in [0.3, 0.4) is 0 Å². The number of methoxy groups -OCH3 is 1. The second kappa shape index (κ2) is 4.40. The third-order valence-electron chi connectivity index (χ3n) is 2.21. The molecule has 0 aliphatic heterocycles. The van der Waals surface area contributed by atoms with Crippen LogP contribution in [0.5, 0.6) is 0 Å². The van der Waals surface area contributed by atoms with E-state index in [0.29, 0.717) is 6.54 Å². The summed E-state index contributed by atoms with van der Waals surface area (Å²) in [7, 11) is 1.61. The van der Waals surface area contributed by atoms with Crippen LogP contribution in [0.1, 0.15) is 34.6 Å². The Balaban J connectivity index is 4.03. The lowest BCUT2D eigenvalue weighted by atomic mass is 9.98. The molecular formula is C10H23NO2. The van der Waals surface area contributed by atoms with Crippen LogP contribution in [-0.2, 0) is 4.74 Å². The summed E-state index contributed by atoms with van der Waals surface area (Å²) >= 11 is 0. The van der Waals surface area contributed by atoms with Crippen LogP contribution in [-0.4, -0.2) is 36.0 Å². The molecule has 13 heavy (non-hydrogen) atoms. The van der Waals surface area contributed by atoms with Crippen molar-refractivity contribution in [1.82, 2.24) is 5.32 Å². The molecule has 0 aliphatic carbocycles. The number of hydrogen-bond donors (Lipinski definition) is 2. The lowest BCUT2D eigenvalue weighted by Crippen LogP contribution is -2.51. The molecule has 3 nitrogen and oxygen atoms in total. The Morgan fingerprint density at radius 1 is 1.31 bits per heavy atom. The molecule has 0 aliphatic rings. The van der Waals surface area contributed by atoms with Gasteiger partial charge in [0.05, 0.1) is 6.10 Å². The molecule has 0 radical (unpaired) electrons. The van der Waals surface area contributed by atoms with Gasteiger partial charge in [0.2, 0.25) is 0 Å². The number of β-amino-alcohol motifs (C(OH)–C–C–N with tert-alkyl or cyclic N) is 1. The van der Waals surface area contributed by atoms with Gasteiger partial charge in [0.1, 0.15) is 5.60 Å². The van der Waals surface area contributed by atoms with Gasteiger partial charge in [-0.1, -0.05) is 0 Å². The summed E-state index contributed by atoms with van der Waals surface area (Å²) in [5.41, 5.74) is -0.792. The molecule has 0 amide bonds. The lowest BCUT2D eigenvalue weighted by Gasteiger charge is -2.33. The highest BCUT2D eigenvalue weighted by atomic mass is 16.5. The number of aliphatic hydroxyl groups is 1. The molecule has 0 aromatic heterocycles. The van der Waals surface area contributed by atoms with Crippen LogP contribution in [0.25, 0.3) is 0 Å². The Bertz CT molecular complexity index is 149. The molecule has 3 heteroatoms. The third-order valence-corrected chi connectivity index (χ3v) is 2.21. The molecule has 80 valence electrons. The van der Waals surface area contributed by atoms with E-state index in [-0.39, 0.29) is 11.6 Å². The van der Waals surface area contributed by atoms with Gasteiger partial charge < -0.3 is 15.2 Å². The van der Waals surface area contributed by atoms with Gasteiger partial charge in [-0.05, 0) is 34.6 Å². The maximum Gasteiger partial charge on any atom is 0.100 e. The SMILES string of the molecule is COC(C)C(C)(O)CNC(C)(C)C. The zero-order valence-corrected chi connectivity index (χ0v) is 9.64. The van der Waals surface area contributed by atoms with E-state index in [9.17, 15) is 5.11 Å². The van der Waals surface area contributed by atoms with Gasteiger partial charge in [0, 0.05) is 19.2 Å². The van der Waals surface area contributed by atoms with Crippen LogP contribution in [0.15, 0.2) is 0 Å². The summed E-state index contributed by atoms with van der Waals surface area (Å²) in [5, 5.41) is 13.2. The van der Waals surface area contributed by atoms with Gasteiger partial charge in [-0.25, -0.2) is 0 Å². The average Bonchev–Trinajstić information content (AvgIpc) is 1.98. The van der Waals surface area contributed by atoms with Crippen molar-refractivity contribution in [3.05, 3.63) is 0 Å². The first-order chi connectivity index (χ1) is 5.69. The maximum atomic E-state index is 9.96. The van der Waals surface area contributed by atoms with Crippen molar-refractivity contribution in [2.24, 2.45) is 0 Å². The highest BCUT2D eigenvalue weighted by Gasteiger charge is 2.29. The van der Waals surface area contributed by atoms with Crippen LogP contribution in [0.2, 0.25) is 0 Å². The molecule has 0 aromatic rings. The summed E-state index contributed by atoms with van der Waals surface area (Å²) in [5.74, 6) is 0. The van der Waals surface area contributed by atoms with Crippen molar-refractivity contribution in [3.8, 4) is 0 Å². The van der Waals surface area contributed by atoms with E-state index in [0.717, 1.165) is 0 Å². The third kappa shape index (κ3) is 5.24. The molecule has 0 aromatic carbocycles. The normalized spacial score (nSPS) is 19.6. The fraction of sp³-hybridized carbons (Fsp3) is 1.00. The number of ether oxygens (including phenoxy) is 1. The van der Waals surface area contributed by atoms with Crippen molar-refractivity contribution >= 4 is 0 Å². The minimum absolute atomic E-state index is 0.0252. The first-order valence-corrected chi connectivity index (χ1v) is 4.69. The topological polar surface area (TPSA) is 41.5 Å². The van der Waals surface area contributed by atoms with E-state index in [1.165, 1.54) is 0 Å². The molecule has 2 atom stereocenters. The van der Waals surface area contributed by atoms with Crippen LogP contribution in [0.4, 0.5) is 0 Å². The molecule has 0 saturated carbocycles. The highest BCUT2D eigenvalue weighted by Crippen LogP contribution is 2.12. The van der Waals surface area contributed by atoms with Crippen LogP contribution < -0.4 is 5.32 Å². The van der Waals surface area contributed by atoms with Gasteiger partial charge in [-0.2, -0.15) is 0 Å². The average molecular weight is 189 g/mol. The predicted molar refractivity (Wildman–Crippen MR) is 54.9 cm³/mol. The Labute approximate surface area is 81.5 Å². The molecule has 2 N–H and O–H groups in total. The van der Waals surface area contributed by atoms with Crippen molar-refractivity contribution < 1.29 is 9.84 Å². The summed E-state index contributed by atoms with van der Waals surface area (Å²) in [6.45, 7) is 10.4. The molecule has 2 unspecified atom stereocenters. The molecule has 0 heterocycles. The monoisotopic (exact) mass is 189 g/mol. The Morgan fingerprint density at radius 3 is 2.08 bits per heavy atom.